The van der Waals surface area contributed by atoms with Gasteiger partial charge in [0.15, 0.2) is 0 Å². The molecule has 0 saturated heterocycles. The maximum Gasteiger partial charge on any atom is 0.325 e. The molecule has 0 amide bonds. The molecule has 1 rings (SSSR count). The lowest BCUT2D eigenvalue weighted by Gasteiger charge is -2.11. The van der Waals surface area contributed by atoms with E-state index in [4.69, 9.17) is 4.74 Å². The Morgan fingerprint density at radius 3 is 2.62 bits per heavy atom. The van der Waals surface area contributed by atoms with E-state index in [1.54, 1.807) is 0 Å². The molecular formula is C13H19NO2. The van der Waals surface area contributed by atoms with Crippen molar-refractivity contribution in [2.45, 2.75) is 33.8 Å². The topological polar surface area (TPSA) is 38.3 Å². The van der Waals surface area contributed by atoms with Crippen LogP contribution in [-0.2, 0) is 9.53 Å². The predicted octanol–water partition coefficient (Wildman–Crippen LogP) is 2.67. The van der Waals surface area contributed by atoms with Gasteiger partial charge in [0.05, 0.1) is 6.10 Å². The first-order chi connectivity index (χ1) is 7.49. The molecule has 0 fully saturated rings. The molecule has 0 aliphatic rings. The second kappa shape index (κ2) is 5.54. The fourth-order valence-corrected chi connectivity index (χ4v) is 1.48. The minimum Gasteiger partial charge on any atom is -0.462 e. The zero-order chi connectivity index (χ0) is 12.1. The summed E-state index contributed by atoms with van der Waals surface area (Å²) in [4.78, 5) is 11.3. The highest BCUT2D eigenvalue weighted by atomic mass is 16.5. The van der Waals surface area contributed by atoms with Crippen LogP contribution < -0.4 is 5.32 Å². The zero-order valence-corrected chi connectivity index (χ0v) is 10.3. The molecule has 0 spiro atoms. The van der Waals surface area contributed by atoms with Gasteiger partial charge in [0.2, 0.25) is 0 Å². The van der Waals surface area contributed by atoms with Crippen LogP contribution in [0, 0.1) is 13.8 Å². The molecule has 0 unspecified atom stereocenters. The summed E-state index contributed by atoms with van der Waals surface area (Å²) in [5.41, 5.74) is 3.33. The van der Waals surface area contributed by atoms with Crippen molar-refractivity contribution in [3.63, 3.8) is 0 Å². The van der Waals surface area contributed by atoms with Crippen molar-refractivity contribution in [2.75, 3.05) is 11.9 Å². The van der Waals surface area contributed by atoms with Crippen molar-refractivity contribution < 1.29 is 9.53 Å². The minimum absolute atomic E-state index is 0.0617. The van der Waals surface area contributed by atoms with Crippen LogP contribution in [0.5, 0.6) is 0 Å². The van der Waals surface area contributed by atoms with E-state index in [2.05, 4.69) is 11.4 Å². The summed E-state index contributed by atoms with van der Waals surface area (Å²) in [6, 6.07) is 6.08. The SMILES string of the molecule is Cc1ccc(NCC(=O)OC(C)C)c(C)c1. The van der Waals surface area contributed by atoms with Gasteiger partial charge in [0, 0.05) is 5.69 Å². The number of hydrogen-bond acceptors (Lipinski definition) is 3. The van der Waals surface area contributed by atoms with Crippen LogP contribution in [-0.4, -0.2) is 18.6 Å². The largest absolute Gasteiger partial charge is 0.462 e. The number of rotatable bonds is 4. The lowest BCUT2D eigenvalue weighted by Crippen LogP contribution is -2.20. The number of carbonyl (C=O) groups excluding carboxylic acids is 1. The standard InChI is InChI=1S/C13H19NO2/c1-9(2)16-13(15)8-14-12-6-5-10(3)7-11(12)4/h5-7,9,14H,8H2,1-4H3. The molecule has 1 aromatic carbocycles. The Labute approximate surface area is 96.8 Å². The smallest absolute Gasteiger partial charge is 0.325 e. The normalized spacial score (nSPS) is 10.3. The summed E-state index contributed by atoms with van der Waals surface area (Å²) >= 11 is 0. The van der Waals surface area contributed by atoms with Gasteiger partial charge in [-0.3, -0.25) is 4.79 Å². The molecule has 0 aromatic heterocycles. The highest BCUT2D eigenvalue weighted by Crippen LogP contribution is 2.15. The van der Waals surface area contributed by atoms with Crippen LogP contribution in [0.2, 0.25) is 0 Å². The van der Waals surface area contributed by atoms with Gasteiger partial charge in [-0.05, 0) is 39.3 Å². The Kier molecular flexibility index (Phi) is 4.35. The van der Waals surface area contributed by atoms with Crippen LogP contribution >= 0.6 is 0 Å². The zero-order valence-electron chi connectivity index (χ0n) is 10.3. The summed E-state index contributed by atoms with van der Waals surface area (Å²) < 4.78 is 5.03. The number of nitrogens with one attached hydrogen (secondary N) is 1. The molecule has 0 atom stereocenters. The minimum atomic E-state index is -0.227. The summed E-state index contributed by atoms with van der Waals surface area (Å²) in [5.74, 6) is -0.227. The van der Waals surface area contributed by atoms with E-state index < -0.39 is 0 Å². The molecule has 0 saturated carbocycles. The molecule has 1 aromatic rings. The Balaban J connectivity index is 2.51. The van der Waals surface area contributed by atoms with Crippen LogP contribution in [0.4, 0.5) is 5.69 Å². The Bertz CT molecular complexity index is 372. The molecule has 3 heteroatoms. The van der Waals surface area contributed by atoms with E-state index in [0.717, 1.165) is 11.3 Å². The van der Waals surface area contributed by atoms with Crippen LogP contribution in [0.3, 0.4) is 0 Å². The van der Waals surface area contributed by atoms with Gasteiger partial charge >= 0.3 is 5.97 Å². The first kappa shape index (κ1) is 12.6. The van der Waals surface area contributed by atoms with Crippen LogP contribution in [0.1, 0.15) is 25.0 Å². The quantitative estimate of drug-likeness (QED) is 0.794. The van der Waals surface area contributed by atoms with Crippen molar-refractivity contribution >= 4 is 11.7 Å². The third-order valence-electron chi connectivity index (χ3n) is 2.17. The summed E-state index contributed by atoms with van der Waals surface area (Å²) in [7, 11) is 0. The van der Waals surface area contributed by atoms with E-state index in [1.165, 1.54) is 5.56 Å². The highest BCUT2D eigenvalue weighted by Gasteiger charge is 2.05. The summed E-state index contributed by atoms with van der Waals surface area (Å²) in [6.07, 6.45) is -0.0617. The number of anilines is 1. The Hall–Kier alpha value is -1.51. The molecule has 0 aliphatic heterocycles. The molecule has 16 heavy (non-hydrogen) atoms. The average molecular weight is 221 g/mol. The van der Waals surface area contributed by atoms with Crippen molar-refractivity contribution in [3.05, 3.63) is 29.3 Å². The molecule has 0 aliphatic carbocycles. The summed E-state index contributed by atoms with van der Waals surface area (Å²) in [5, 5.41) is 3.07. The fraction of sp³-hybridized carbons (Fsp3) is 0.462. The number of ether oxygens (including phenoxy) is 1. The average Bonchev–Trinajstić information content (AvgIpc) is 2.15. The van der Waals surface area contributed by atoms with Crippen LogP contribution in [0.25, 0.3) is 0 Å². The van der Waals surface area contributed by atoms with Crippen molar-refractivity contribution in [2.24, 2.45) is 0 Å². The first-order valence-corrected chi connectivity index (χ1v) is 5.49. The molecule has 0 heterocycles. The lowest BCUT2D eigenvalue weighted by atomic mass is 10.1. The maximum atomic E-state index is 11.3. The van der Waals surface area contributed by atoms with Gasteiger partial charge < -0.3 is 10.1 Å². The van der Waals surface area contributed by atoms with Crippen molar-refractivity contribution in [1.29, 1.82) is 0 Å². The second-order valence-electron chi connectivity index (χ2n) is 4.21. The molecule has 1 N–H and O–H groups in total. The van der Waals surface area contributed by atoms with Gasteiger partial charge in [-0.1, -0.05) is 17.7 Å². The monoisotopic (exact) mass is 221 g/mol. The van der Waals surface area contributed by atoms with E-state index in [0.29, 0.717) is 0 Å². The third-order valence-corrected chi connectivity index (χ3v) is 2.17. The molecule has 3 nitrogen and oxygen atoms in total. The molecule has 0 bridgehead atoms. The van der Waals surface area contributed by atoms with Gasteiger partial charge in [-0.15, -0.1) is 0 Å². The van der Waals surface area contributed by atoms with E-state index in [9.17, 15) is 4.79 Å². The molecule has 88 valence electrons. The predicted molar refractivity (Wildman–Crippen MR) is 65.6 cm³/mol. The fourth-order valence-electron chi connectivity index (χ4n) is 1.48. The van der Waals surface area contributed by atoms with Gasteiger partial charge in [0.25, 0.3) is 0 Å². The van der Waals surface area contributed by atoms with Gasteiger partial charge in [-0.2, -0.15) is 0 Å². The second-order valence-corrected chi connectivity index (χ2v) is 4.21. The number of aryl methyl sites for hydroxylation is 2. The van der Waals surface area contributed by atoms with E-state index in [-0.39, 0.29) is 18.6 Å². The first-order valence-electron chi connectivity index (χ1n) is 5.49. The maximum absolute atomic E-state index is 11.3. The van der Waals surface area contributed by atoms with E-state index >= 15 is 0 Å². The number of carbonyl (C=O) groups is 1. The third kappa shape index (κ3) is 3.93. The number of hydrogen-bond donors (Lipinski definition) is 1. The van der Waals surface area contributed by atoms with Crippen molar-refractivity contribution in [1.82, 2.24) is 0 Å². The summed E-state index contributed by atoms with van der Waals surface area (Å²) in [6.45, 7) is 7.96. The van der Waals surface area contributed by atoms with E-state index in [1.807, 2.05) is 39.8 Å². The van der Waals surface area contributed by atoms with Gasteiger partial charge in [0.1, 0.15) is 6.54 Å². The Morgan fingerprint density at radius 1 is 1.38 bits per heavy atom. The van der Waals surface area contributed by atoms with Crippen LogP contribution in [0.15, 0.2) is 18.2 Å². The lowest BCUT2D eigenvalue weighted by molar-refractivity contribution is -0.145. The molecular weight excluding hydrogens is 202 g/mol. The molecule has 0 radical (unpaired) electrons. The number of esters is 1. The van der Waals surface area contributed by atoms with Crippen molar-refractivity contribution in [3.8, 4) is 0 Å². The Morgan fingerprint density at radius 2 is 2.06 bits per heavy atom. The van der Waals surface area contributed by atoms with Gasteiger partial charge in [-0.25, -0.2) is 0 Å². The highest BCUT2D eigenvalue weighted by molar-refractivity contribution is 5.75. The number of benzene rings is 1.